The molecule has 4 rings (SSSR count). The van der Waals surface area contributed by atoms with Gasteiger partial charge in [0.15, 0.2) is 0 Å². The van der Waals surface area contributed by atoms with Gasteiger partial charge in [0, 0.05) is 32.2 Å². The average Bonchev–Trinajstić information content (AvgIpc) is 3.26. The van der Waals surface area contributed by atoms with E-state index in [4.69, 9.17) is 4.74 Å². The number of rotatable bonds is 2. The van der Waals surface area contributed by atoms with Gasteiger partial charge in [-0.05, 0) is 24.8 Å². The predicted octanol–water partition coefficient (Wildman–Crippen LogP) is 1.55. The largest absolute Gasteiger partial charge is 0.381 e. The number of carbonyl (C=O) groups is 2. The summed E-state index contributed by atoms with van der Waals surface area (Å²) in [6.45, 7) is 3.28. The van der Waals surface area contributed by atoms with Gasteiger partial charge in [0.05, 0.1) is 17.9 Å². The Morgan fingerprint density at radius 3 is 2.62 bits per heavy atom. The van der Waals surface area contributed by atoms with Crippen molar-refractivity contribution in [3.05, 3.63) is 35.9 Å². The van der Waals surface area contributed by atoms with Crippen LogP contribution in [-0.2, 0) is 14.3 Å². The summed E-state index contributed by atoms with van der Waals surface area (Å²) in [4.78, 5) is 27.2. The first-order chi connectivity index (χ1) is 11.7. The van der Waals surface area contributed by atoms with Gasteiger partial charge in [0.1, 0.15) is 0 Å². The zero-order valence-corrected chi connectivity index (χ0v) is 13.9. The summed E-state index contributed by atoms with van der Waals surface area (Å²) in [6, 6.07) is 10.3. The van der Waals surface area contributed by atoms with Crippen molar-refractivity contribution in [2.45, 2.75) is 25.2 Å². The number of hydrogen-bond donors (Lipinski definition) is 1. The molecule has 2 amide bonds. The van der Waals surface area contributed by atoms with E-state index >= 15 is 0 Å². The maximum absolute atomic E-state index is 12.6. The van der Waals surface area contributed by atoms with Crippen LogP contribution >= 0.6 is 0 Å². The summed E-state index contributed by atoms with van der Waals surface area (Å²) < 4.78 is 5.34. The second kappa shape index (κ2) is 6.20. The Bertz CT molecular complexity index is 617. The lowest BCUT2D eigenvalue weighted by molar-refractivity contribution is -0.141. The van der Waals surface area contributed by atoms with E-state index in [0.29, 0.717) is 32.8 Å². The molecule has 1 spiro atoms. The lowest BCUT2D eigenvalue weighted by Gasteiger charge is -2.41. The summed E-state index contributed by atoms with van der Waals surface area (Å²) in [5.74, 6) is 0.587. The molecule has 0 saturated carbocycles. The third kappa shape index (κ3) is 2.51. The number of nitrogens with one attached hydrogen (secondary N) is 1. The quantitative estimate of drug-likeness (QED) is 0.896. The molecule has 3 fully saturated rings. The van der Waals surface area contributed by atoms with Crippen molar-refractivity contribution in [3.8, 4) is 0 Å². The van der Waals surface area contributed by atoms with Crippen LogP contribution in [0.1, 0.15) is 30.7 Å². The molecule has 0 radical (unpaired) electrons. The van der Waals surface area contributed by atoms with Gasteiger partial charge in [0.2, 0.25) is 11.8 Å². The maximum atomic E-state index is 12.6. The van der Waals surface area contributed by atoms with Gasteiger partial charge in [0.25, 0.3) is 0 Å². The number of likely N-dealkylation sites (tertiary alicyclic amines) is 1. The molecule has 1 N–H and O–H groups in total. The molecule has 128 valence electrons. The number of ether oxygens (including phenoxy) is 1. The molecule has 0 aliphatic carbocycles. The molecule has 3 aliphatic rings. The lowest BCUT2D eigenvalue weighted by Crippen LogP contribution is -2.49. The van der Waals surface area contributed by atoms with Crippen LogP contribution in [0.4, 0.5) is 0 Å². The van der Waals surface area contributed by atoms with E-state index in [2.05, 4.69) is 17.4 Å². The minimum atomic E-state index is -0.357. The smallest absolute Gasteiger partial charge is 0.228 e. The molecule has 3 heterocycles. The van der Waals surface area contributed by atoms with Gasteiger partial charge in [-0.3, -0.25) is 9.59 Å². The van der Waals surface area contributed by atoms with E-state index in [1.54, 1.807) is 0 Å². The van der Waals surface area contributed by atoms with E-state index in [1.165, 1.54) is 5.56 Å². The van der Waals surface area contributed by atoms with Crippen LogP contribution in [0, 0.1) is 11.3 Å². The van der Waals surface area contributed by atoms with E-state index in [9.17, 15) is 9.59 Å². The topological polar surface area (TPSA) is 58.6 Å². The van der Waals surface area contributed by atoms with Gasteiger partial charge in [-0.25, -0.2) is 0 Å². The Morgan fingerprint density at radius 1 is 1.21 bits per heavy atom. The summed E-state index contributed by atoms with van der Waals surface area (Å²) >= 11 is 0. The van der Waals surface area contributed by atoms with Crippen LogP contribution < -0.4 is 5.32 Å². The Kier molecular flexibility index (Phi) is 4.04. The minimum Gasteiger partial charge on any atom is -0.381 e. The molecule has 0 aromatic heterocycles. The molecule has 0 bridgehead atoms. The van der Waals surface area contributed by atoms with Crippen molar-refractivity contribution in [1.82, 2.24) is 10.2 Å². The Labute approximate surface area is 142 Å². The molecule has 1 aromatic rings. The number of nitrogens with zero attached hydrogens (tertiary/aromatic N) is 1. The van der Waals surface area contributed by atoms with Crippen molar-refractivity contribution >= 4 is 11.8 Å². The Balaban J connectivity index is 1.49. The van der Waals surface area contributed by atoms with Crippen LogP contribution in [0.5, 0.6) is 0 Å². The maximum Gasteiger partial charge on any atom is 0.228 e. The molecule has 0 unspecified atom stereocenters. The molecule has 2 atom stereocenters. The summed E-state index contributed by atoms with van der Waals surface area (Å²) in [6.07, 6.45) is 2.32. The zero-order valence-electron chi connectivity index (χ0n) is 13.9. The van der Waals surface area contributed by atoms with Crippen molar-refractivity contribution in [2.24, 2.45) is 11.3 Å². The molecular weight excluding hydrogens is 304 g/mol. The molecule has 24 heavy (non-hydrogen) atoms. The lowest BCUT2D eigenvalue weighted by atomic mass is 9.68. The SMILES string of the molecule is O=C([C@@H]1CCOC1)N1CCC2(CC1)C(=O)NC[C@H]2c1ccccc1. The van der Waals surface area contributed by atoms with Crippen LogP contribution in [0.15, 0.2) is 30.3 Å². The fourth-order valence-electron chi connectivity index (χ4n) is 4.54. The van der Waals surface area contributed by atoms with E-state index < -0.39 is 0 Å². The van der Waals surface area contributed by atoms with E-state index in [-0.39, 0.29) is 29.1 Å². The predicted molar refractivity (Wildman–Crippen MR) is 89.4 cm³/mol. The first kappa shape index (κ1) is 15.6. The van der Waals surface area contributed by atoms with Crippen molar-refractivity contribution in [2.75, 3.05) is 32.8 Å². The van der Waals surface area contributed by atoms with E-state index in [0.717, 1.165) is 19.3 Å². The zero-order chi connectivity index (χ0) is 16.6. The molecule has 5 heteroatoms. The molecule has 1 aromatic carbocycles. The molecule has 3 aliphatic heterocycles. The molecule has 3 saturated heterocycles. The van der Waals surface area contributed by atoms with Crippen LogP contribution in [-0.4, -0.2) is 49.6 Å². The van der Waals surface area contributed by atoms with E-state index in [1.807, 2.05) is 23.1 Å². The highest BCUT2D eigenvalue weighted by Gasteiger charge is 2.52. The Morgan fingerprint density at radius 2 is 1.96 bits per heavy atom. The van der Waals surface area contributed by atoms with Gasteiger partial charge in [-0.15, -0.1) is 0 Å². The average molecular weight is 328 g/mol. The number of benzene rings is 1. The second-order valence-corrected chi connectivity index (χ2v) is 7.22. The van der Waals surface area contributed by atoms with Gasteiger partial charge in [-0.1, -0.05) is 30.3 Å². The van der Waals surface area contributed by atoms with Gasteiger partial charge < -0.3 is 15.0 Å². The fraction of sp³-hybridized carbons (Fsp3) is 0.579. The third-order valence-corrected chi connectivity index (χ3v) is 6.03. The van der Waals surface area contributed by atoms with Crippen molar-refractivity contribution < 1.29 is 14.3 Å². The first-order valence-corrected chi connectivity index (χ1v) is 8.90. The second-order valence-electron chi connectivity index (χ2n) is 7.22. The van der Waals surface area contributed by atoms with Crippen LogP contribution in [0.25, 0.3) is 0 Å². The van der Waals surface area contributed by atoms with Crippen molar-refractivity contribution in [3.63, 3.8) is 0 Å². The highest BCUT2D eigenvalue weighted by atomic mass is 16.5. The third-order valence-electron chi connectivity index (χ3n) is 6.03. The summed E-state index contributed by atoms with van der Waals surface area (Å²) in [7, 11) is 0. The van der Waals surface area contributed by atoms with Gasteiger partial charge >= 0.3 is 0 Å². The number of carbonyl (C=O) groups excluding carboxylic acids is 2. The highest BCUT2D eigenvalue weighted by molar-refractivity contribution is 5.87. The van der Waals surface area contributed by atoms with Crippen LogP contribution in [0.2, 0.25) is 0 Å². The number of hydrogen-bond acceptors (Lipinski definition) is 3. The minimum absolute atomic E-state index is 0.0152. The summed E-state index contributed by atoms with van der Waals surface area (Å²) in [5, 5.41) is 3.07. The first-order valence-electron chi connectivity index (χ1n) is 8.90. The standard InChI is InChI=1S/C19H24N2O3/c22-17(15-6-11-24-13-15)21-9-7-19(8-10-21)16(12-20-18(19)23)14-4-2-1-3-5-14/h1-5,15-16H,6-13H2,(H,20,23)/t15-,16+/m1/s1. The van der Waals surface area contributed by atoms with Crippen molar-refractivity contribution in [1.29, 1.82) is 0 Å². The molecular formula is C19H24N2O3. The summed E-state index contributed by atoms with van der Waals surface area (Å²) in [5.41, 5.74) is 0.865. The normalized spacial score (nSPS) is 29.0. The fourth-order valence-corrected chi connectivity index (χ4v) is 4.54. The van der Waals surface area contributed by atoms with Crippen LogP contribution in [0.3, 0.4) is 0 Å². The highest BCUT2D eigenvalue weighted by Crippen LogP contribution is 2.47. The Hall–Kier alpha value is -1.88. The number of amides is 2. The number of piperidine rings is 1. The molecule has 5 nitrogen and oxygen atoms in total. The monoisotopic (exact) mass is 328 g/mol. The van der Waals surface area contributed by atoms with Gasteiger partial charge in [-0.2, -0.15) is 0 Å².